The zero-order valence-electron chi connectivity index (χ0n) is 11.5. The number of amides is 1. The standard InChI is InChI=1S/C13H23F3N2O/c1-12(2,17)7-6-11(19)18-10-5-3-4-9(8-10)13(14,15)16/h9-10H,3-8,17H2,1-2H3,(H,18,19). The summed E-state index contributed by atoms with van der Waals surface area (Å²) in [5.74, 6) is -1.48. The molecule has 1 fully saturated rings. The van der Waals surface area contributed by atoms with E-state index in [1.807, 2.05) is 13.8 Å². The third-order valence-corrected chi connectivity index (χ3v) is 3.50. The molecule has 0 bridgehead atoms. The van der Waals surface area contributed by atoms with Crippen molar-refractivity contribution in [2.24, 2.45) is 11.7 Å². The first-order valence-electron chi connectivity index (χ1n) is 6.73. The molecule has 1 amide bonds. The molecule has 1 aliphatic rings. The van der Waals surface area contributed by atoms with Gasteiger partial charge in [0.1, 0.15) is 0 Å². The second-order valence-corrected chi connectivity index (χ2v) is 6.16. The number of nitrogens with two attached hydrogens (primary N) is 1. The van der Waals surface area contributed by atoms with Gasteiger partial charge in [-0.05, 0) is 39.5 Å². The van der Waals surface area contributed by atoms with Gasteiger partial charge in [0.05, 0.1) is 5.92 Å². The van der Waals surface area contributed by atoms with Gasteiger partial charge in [0, 0.05) is 18.0 Å². The summed E-state index contributed by atoms with van der Waals surface area (Å²) in [6.45, 7) is 3.64. The van der Waals surface area contributed by atoms with E-state index in [1.54, 1.807) is 0 Å². The Morgan fingerprint density at radius 3 is 2.47 bits per heavy atom. The molecule has 0 radical (unpaired) electrons. The van der Waals surface area contributed by atoms with E-state index in [9.17, 15) is 18.0 Å². The summed E-state index contributed by atoms with van der Waals surface area (Å²) < 4.78 is 37.9. The zero-order chi connectivity index (χ0) is 14.7. The Kier molecular flexibility index (Phi) is 5.24. The van der Waals surface area contributed by atoms with Gasteiger partial charge in [-0.3, -0.25) is 4.79 Å². The third-order valence-electron chi connectivity index (χ3n) is 3.50. The lowest BCUT2D eigenvalue weighted by Gasteiger charge is -2.31. The fourth-order valence-corrected chi connectivity index (χ4v) is 2.35. The van der Waals surface area contributed by atoms with E-state index in [1.165, 1.54) is 0 Å². The van der Waals surface area contributed by atoms with Gasteiger partial charge < -0.3 is 11.1 Å². The van der Waals surface area contributed by atoms with E-state index in [0.717, 1.165) is 0 Å². The first-order chi connectivity index (χ1) is 8.58. The molecule has 1 rings (SSSR count). The van der Waals surface area contributed by atoms with E-state index in [2.05, 4.69) is 5.32 Å². The molecule has 1 aliphatic carbocycles. The Labute approximate surface area is 112 Å². The lowest BCUT2D eigenvalue weighted by atomic mass is 9.85. The van der Waals surface area contributed by atoms with Crippen LogP contribution in [0.15, 0.2) is 0 Å². The molecule has 3 nitrogen and oxygen atoms in total. The molecule has 2 atom stereocenters. The number of hydrogen-bond donors (Lipinski definition) is 2. The third kappa shape index (κ3) is 6.27. The lowest BCUT2D eigenvalue weighted by molar-refractivity contribution is -0.184. The van der Waals surface area contributed by atoms with Crippen molar-refractivity contribution in [1.82, 2.24) is 5.32 Å². The highest BCUT2D eigenvalue weighted by Crippen LogP contribution is 2.37. The quantitative estimate of drug-likeness (QED) is 0.832. The summed E-state index contributed by atoms with van der Waals surface area (Å²) >= 11 is 0. The molecular weight excluding hydrogens is 257 g/mol. The van der Waals surface area contributed by atoms with Gasteiger partial charge >= 0.3 is 6.18 Å². The second-order valence-electron chi connectivity index (χ2n) is 6.16. The average Bonchev–Trinajstić information content (AvgIpc) is 2.25. The van der Waals surface area contributed by atoms with Gasteiger partial charge in [0.15, 0.2) is 0 Å². The number of rotatable bonds is 4. The number of alkyl halides is 3. The first kappa shape index (κ1) is 16.3. The number of nitrogens with one attached hydrogen (secondary N) is 1. The van der Waals surface area contributed by atoms with Crippen molar-refractivity contribution in [3.05, 3.63) is 0 Å². The van der Waals surface area contributed by atoms with Crippen LogP contribution in [0.5, 0.6) is 0 Å². The monoisotopic (exact) mass is 280 g/mol. The molecule has 0 heterocycles. The van der Waals surface area contributed by atoms with Crippen LogP contribution in [0.4, 0.5) is 13.2 Å². The van der Waals surface area contributed by atoms with E-state index >= 15 is 0 Å². The summed E-state index contributed by atoms with van der Waals surface area (Å²) in [7, 11) is 0. The summed E-state index contributed by atoms with van der Waals surface area (Å²) in [5.41, 5.74) is 5.34. The van der Waals surface area contributed by atoms with Crippen molar-refractivity contribution < 1.29 is 18.0 Å². The average molecular weight is 280 g/mol. The van der Waals surface area contributed by atoms with E-state index in [-0.39, 0.29) is 31.2 Å². The predicted molar refractivity (Wildman–Crippen MR) is 67.4 cm³/mol. The lowest BCUT2D eigenvalue weighted by Crippen LogP contribution is -2.42. The normalized spacial score (nSPS) is 25.2. The van der Waals surface area contributed by atoms with E-state index in [0.29, 0.717) is 19.3 Å². The fraction of sp³-hybridized carbons (Fsp3) is 0.923. The number of carbonyl (C=O) groups is 1. The SMILES string of the molecule is CC(C)(N)CCC(=O)NC1CCCC(C(F)(F)F)C1. The summed E-state index contributed by atoms with van der Waals surface area (Å²) in [6.07, 6.45) is -2.05. The molecule has 0 aliphatic heterocycles. The molecule has 0 spiro atoms. The van der Waals surface area contributed by atoms with Crippen LogP contribution in [0.1, 0.15) is 52.4 Å². The minimum Gasteiger partial charge on any atom is -0.353 e. The number of carbonyl (C=O) groups excluding carboxylic acids is 1. The summed E-state index contributed by atoms with van der Waals surface area (Å²) in [4.78, 5) is 11.7. The Hall–Kier alpha value is -0.780. The fourth-order valence-electron chi connectivity index (χ4n) is 2.35. The molecule has 0 aromatic heterocycles. The van der Waals surface area contributed by atoms with Gasteiger partial charge in [-0.1, -0.05) is 6.42 Å². The smallest absolute Gasteiger partial charge is 0.353 e. The van der Waals surface area contributed by atoms with Gasteiger partial charge in [-0.2, -0.15) is 13.2 Å². The van der Waals surface area contributed by atoms with E-state index in [4.69, 9.17) is 5.73 Å². The maximum absolute atomic E-state index is 12.6. The topological polar surface area (TPSA) is 55.1 Å². The Balaban J connectivity index is 2.38. The maximum Gasteiger partial charge on any atom is 0.391 e. The second kappa shape index (κ2) is 6.11. The van der Waals surface area contributed by atoms with Crippen LogP contribution >= 0.6 is 0 Å². The molecule has 6 heteroatoms. The largest absolute Gasteiger partial charge is 0.391 e. The van der Waals surface area contributed by atoms with Crippen LogP contribution < -0.4 is 11.1 Å². The number of halogens is 3. The van der Waals surface area contributed by atoms with Crippen molar-refractivity contribution in [3.63, 3.8) is 0 Å². The van der Waals surface area contributed by atoms with Crippen LogP contribution in [-0.4, -0.2) is 23.7 Å². The van der Waals surface area contributed by atoms with Crippen molar-refractivity contribution >= 4 is 5.91 Å². The molecule has 0 aromatic rings. The van der Waals surface area contributed by atoms with Crippen LogP contribution in [0.25, 0.3) is 0 Å². The molecule has 3 N–H and O–H groups in total. The Morgan fingerprint density at radius 1 is 1.32 bits per heavy atom. The molecule has 1 saturated carbocycles. The van der Waals surface area contributed by atoms with Gasteiger partial charge in [-0.25, -0.2) is 0 Å². The van der Waals surface area contributed by atoms with Crippen molar-refractivity contribution in [1.29, 1.82) is 0 Å². The zero-order valence-corrected chi connectivity index (χ0v) is 11.5. The minimum atomic E-state index is -4.15. The Morgan fingerprint density at radius 2 is 1.95 bits per heavy atom. The van der Waals surface area contributed by atoms with Gasteiger partial charge in [0.25, 0.3) is 0 Å². The van der Waals surface area contributed by atoms with Gasteiger partial charge in [0.2, 0.25) is 5.91 Å². The molecule has 2 unspecified atom stereocenters. The van der Waals surface area contributed by atoms with Crippen LogP contribution in [0.3, 0.4) is 0 Å². The predicted octanol–water partition coefficient (Wildman–Crippen LogP) is 2.74. The Bertz CT molecular complexity index is 310. The molecule has 0 saturated heterocycles. The first-order valence-corrected chi connectivity index (χ1v) is 6.73. The van der Waals surface area contributed by atoms with E-state index < -0.39 is 17.6 Å². The molecule has 0 aromatic carbocycles. The van der Waals surface area contributed by atoms with Crippen molar-refractivity contribution in [2.75, 3.05) is 0 Å². The summed E-state index contributed by atoms with van der Waals surface area (Å²) in [6, 6.07) is -0.353. The van der Waals surface area contributed by atoms with Crippen molar-refractivity contribution in [3.8, 4) is 0 Å². The van der Waals surface area contributed by atoms with Gasteiger partial charge in [-0.15, -0.1) is 0 Å². The highest BCUT2D eigenvalue weighted by Gasteiger charge is 2.42. The highest BCUT2D eigenvalue weighted by molar-refractivity contribution is 5.76. The maximum atomic E-state index is 12.6. The molecule has 19 heavy (non-hydrogen) atoms. The van der Waals surface area contributed by atoms with Crippen molar-refractivity contribution in [2.45, 2.75) is 70.1 Å². The molecule has 112 valence electrons. The minimum absolute atomic E-state index is 0.00125. The van der Waals surface area contributed by atoms with Crippen LogP contribution in [-0.2, 0) is 4.79 Å². The van der Waals surface area contributed by atoms with Crippen LogP contribution in [0, 0.1) is 5.92 Å². The van der Waals surface area contributed by atoms with Crippen LogP contribution in [0.2, 0.25) is 0 Å². The highest BCUT2D eigenvalue weighted by atomic mass is 19.4. The number of hydrogen-bond acceptors (Lipinski definition) is 2. The molecular formula is C13H23F3N2O. The summed E-state index contributed by atoms with van der Waals surface area (Å²) in [5, 5.41) is 2.70.